The van der Waals surface area contributed by atoms with Crippen molar-refractivity contribution in [3.05, 3.63) is 35.4 Å². The molecular weight excluding hydrogens is 258 g/mol. The molecule has 0 aliphatic heterocycles. The summed E-state index contributed by atoms with van der Waals surface area (Å²) in [5, 5.41) is 17.6. The molecule has 0 saturated carbocycles. The maximum absolute atomic E-state index is 11.7. The van der Waals surface area contributed by atoms with Crippen LogP contribution in [0.2, 0.25) is 0 Å². The molecule has 0 unspecified atom stereocenters. The van der Waals surface area contributed by atoms with Crippen LogP contribution in [-0.4, -0.2) is 37.2 Å². The maximum atomic E-state index is 11.7. The molecule has 0 aliphatic carbocycles. The minimum absolute atomic E-state index is 0.0397. The van der Waals surface area contributed by atoms with E-state index in [9.17, 15) is 13.2 Å². The minimum atomic E-state index is -3.59. The van der Waals surface area contributed by atoms with E-state index in [4.69, 9.17) is 10.2 Å². The van der Waals surface area contributed by atoms with E-state index in [2.05, 4.69) is 4.72 Å². The van der Waals surface area contributed by atoms with E-state index in [1.165, 1.54) is 31.2 Å². The van der Waals surface area contributed by atoms with Crippen LogP contribution < -0.4 is 4.72 Å². The number of carboxylic acids is 1. The van der Waals surface area contributed by atoms with Crippen molar-refractivity contribution in [3.63, 3.8) is 0 Å². The first kappa shape index (κ1) is 14.6. The summed E-state index contributed by atoms with van der Waals surface area (Å²) >= 11 is 0. The number of aliphatic hydroxyl groups excluding tert-OH is 1. The fraction of sp³-hybridized carbons (Fsp3) is 0.364. The lowest BCUT2D eigenvalue weighted by Gasteiger charge is -2.11. The number of sulfonamides is 1. The summed E-state index contributed by atoms with van der Waals surface area (Å²) in [7, 11) is -3.59. The minimum Gasteiger partial charge on any atom is -0.478 e. The van der Waals surface area contributed by atoms with Crippen molar-refractivity contribution in [1.82, 2.24) is 4.72 Å². The Balaban J connectivity index is 2.84. The molecule has 3 N–H and O–H groups in total. The largest absolute Gasteiger partial charge is 0.478 e. The second-order valence-corrected chi connectivity index (χ2v) is 5.72. The first-order valence-corrected chi connectivity index (χ1v) is 6.92. The molecule has 0 bridgehead atoms. The summed E-state index contributed by atoms with van der Waals surface area (Å²) in [5.74, 6) is -1.43. The average molecular weight is 273 g/mol. The van der Waals surface area contributed by atoms with Crippen molar-refractivity contribution in [2.45, 2.75) is 18.7 Å². The summed E-state index contributed by atoms with van der Waals surface area (Å²) < 4.78 is 25.6. The van der Waals surface area contributed by atoms with Crippen LogP contribution in [0.3, 0.4) is 0 Å². The SMILES string of the molecule is C[C@@H](CO)NS(=O)(=O)Cc1cccc(C(=O)O)c1. The molecule has 1 rings (SSSR count). The maximum Gasteiger partial charge on any atom is 0.335 e. The third kappa shape index (κ3) is 4.44. The van der Waals surface area contributed by atoms with Crippen molar-refractivity contribution < 1.29 is 23.4 Å². The number of carboxylic acid groups (broad SMARTS) is 1. The van der Waals surface area contributed by atoms with E-state index in [0.717, 1.165) is 0 Å². The lowest BCUT2D eigenvalue weighted by atomic mass is 10.1. The highest BCUT2D eigenvalue weighted by Crippen LogP contribution is 2.09. The van der Waals surface area contributed by atoms with E-state index in [-0.39, 0.29) is 17.9 Å². The van der Waals surface area contributed by atoms with Gasteiger partial charge < -0.3 is 10.2 Å². The van der Waals surface area contributed by atoms with Gasteiger partial charge in [-0.15, -0.1) is 0 Å². The van der Waals surface area contributed by atoms with Gasteiger partial charge in [0.15, 0.2) is 0 Å². The molecule has 0 saturated heterocycles. The Morgan fingerprint density at radius 1 is 1.44 bits per heavy atom. The predicted molar refractivity (Wildman–Crippen MR) is 65.7 cm³/mol. The van der Waals surface area contributed by atoms with Gasteiger partial charge >= 0.3 is 5.97 Å². The molecule has 6 nitrogen and oxygen atoms in total. The third-order valence-corrected chi connectivity index (χ3v) is 3.66. The first-order chi connectivity index (χ1) is 8.34. The van der Waals surface area contributed by atoms with Crippen LogP contribution in [0, 0.1) is 0 Å². The molecule has 0 amide bonds. The monoisotopic (exact) mass is 273 g/mol. The van der Waals surface area contributed by atoms with Crippen LogP contribution in [0.1, 0.15) is 22.8 Å². The second-order valence-electron chi connectivity index (χ2n) is 3.97. The zero-order chi connectivity index (χ0) is 13.8. The smallest absolute Gasteiger partial charge is 0.335 e. The first-order valence-electron chi connectivity index (χ1n) is 5.27. The van der Waals surface area contributed by atoms with Gasteiger partial charge in [-0.2, -0.15) is 0 Å². The highest BCUT2D eigenvalue weighted by molar-refractivity contribution is 7.88. The third-order valence-electron chi connectivity index (χ3n) is 2.19. The van der Waals surface area contributed by atoms with E-state index in [0.29, 0.717) is 5.56 Å². The zero-order valence-electron chi connectivity index (χ0n) is 9.83. The van der Waals surface area contributed by atoms with Crippen LogP contribution in [0.15, 0.2) is 24.3 Å². The van der Waals surface area contributed by atoms with Gasteiger partial charge in [-0.1, -0.05) is 12.1 Å². The number of hydrogen-bond acceptors (Lipinski definition) is 4. The Hall–Kier alpha value is -1.44. The summed E-state index contributed by atoms with van der Waals surface area (Å²) in [5.41, 5.74) is 0.422. The van der Waals surface area contributed by atoms with Crippen LogP contribution in [0.4, 0.5) is 0 Å². The van der Waals surface area contributed by atoms with Gasteiger partial charge in [0.05, 0.1) is 17.9 Å². The highest BCUT2D eigenvalue weighted by atomic mass is 32.2. The molecule has 0 spiro atoms. The summed E-state index contributed by atoms with van der Waals surface area (Å²) in [6.07, 6.45) is 0. The van der Waals surface area contributed by atoms with Crippen LogP contribution in [-0.2, 0) is 15.8 Å². The predicted octanol–water partition coefficient (Wildman–Crippen LogP) is 0.185. The molecule has 0 fully saturated rings. The zero-order valence-corrected chi connectivity index (χ0v) is 10.6. The van der Waals surface area contributed by atoms with Gasteiger partial charge in [-0.25, -0.2) is 17.9 Å². The summed E-state index contributed by atoms with van der Waals surface area (Å²) in [6.45, 7) is 1.24. The second kappa shape index (κ2) is 5.94. The Kier molecular flexibility index (Phi) is 4.83. The van der Waals surface area contributed by atoms with E-state index in [1.807, 2.05) is 0 Å². The summed E-state index contributed by atoms with van der Waals surface area (Å²) in [4.78, 5) is 10.7. The van der Waals surface area contributed by atoms with Crippen LogP contribution in [0.25, 0.3) is 0 Å². The number of nitrogens with one attached hydrogen (secondary N) is 1. The number of rotatable bonds is 6. The molecule has 0 radical (unpaired) electrons. The van der Waals surface area contributed by atoms with Gasteiger partial charge in [-0.05, 0) is 24.6 Å². The number of carbonyl (C=O) groups is 1. The fourth-order valence-electron chi connectivity index (χ4n) is 1.40. The van der Waals surface area contributed by atoms with Crippen molar-refractivity contribution in [1.29, 1.82) is 0 Å². The molecule has 1 atom stereocenters. The molecule has 0 aromatic heterocycles. The number of aliphatic hydroxyl groups is 1. The molecule has 100 valence electrons. The Morgan fingerprint density at radius 2 is 2.11 bits per heavy atom. The molecule has 1 aromatic carbocycles. The van der Waals surface area contributed by atoms with Gasteiger partial charge in [0.1, 0.15) is 0 Å². The highest BCUT2D eigenvalue weighted by Gasteiger charge is 2.15. The molecule has 0 aliphatic rings. The summed E-state index contributed by atoms with van der Waals surface area (Å²) in [6, 6.07) is 5.16. The van der Waals surface area contributed by atoms with Gasteiger partial charge in [0, 0.05) is 6.04 Å². The molecule has 1 aromatic rings. The normalized spacial score (nSPS) is 13.2. The van der Waals surface area contributed by atoms with Gasteiger partial charge in [-0.3, -0.25) is 0 Å². The quantitative estimate of drug-likeness (QED) is 0.686. The Labute approximate surface area is 105 Å². The van der Waals surface area contributed by atoms with E-state index < -0.39 is 22.0 Å². The molecular formula is C11H15NO5S. The van der Waals surface area contributed by atoms with Crippen LogP contribution in [0.5, 0.6) is 0 Å². The average Bonchev–Trinajstić information content (AvgIpc) is 2.27. The number of aromatic carboxylic acids is 1. The Bertz CT molecular complexity index is 526. The van der Waals surface area contributed by atoms with Gasteiger partial charge in [0.2, 0.25) is 10.0 Å². The molecule has 0 heterocycles. The standard InChI is InChI=1S/C11H15NO5S/c1-8(6-13)12-18(16,17)7-9-3-2-4-10(5-9)11(14)15/h2-5,8,12-13H,6-7H2,1H3,(H,14,15)/t8-/m0/s1. The number of benzene rings is 1. The van der Waals surface area contributed by atoms with Gasteiger partial charge in [0.25, 0.3) is 0 Å². The fourth-order valence-corrected chi connectivity index (χ4v) is 2.79. The molecule has 18 heavy (non-hydrogen) atoms. The topological polar surface area (TPSA) is 104 Å². The van der Waals surface area contributed by atoms with Crippen molar-refractivity contribution in [2.24, 2.45) is 0 Å². The van der Waals surface area contributed by atoms with Crippen molar-refractivity contribution >= 4 is 16.0 Å². The lowest BCUT2D eigenvalue weighted by molar-refractivity contribution is 0.0696. The van der Waals surface area contributed by atoms with E-state index >= 15 is 0 Å². The van der Waals surface area contributed by atoms with Crippen molar-refractivity contribution in [2.75, 3.05) is 6.61 Å². The van der Waals surface area contributed by atoms with Crippen molar-refractivity contribution in [3.8, 4) is 0 Å². The Morgan fingerprint density at radius 3 is 2.67 bits per heavy atom. The van der Waals surface area contributed by atoms with E-state index in [1.54, 1.807) is 0 Å². The lowest BCUT2D eigenvalue weighted by Crippen LogP contribution is -2.35. The number of hydrogen-bond donors (Lipinski definition) is 3. The van der Waals surface area contributed by atoms with Crippen LogP contribution >= 0.6 is 0 Å². The molecule has 7 heteroatoms.